The highest BCUT2D eigenvalue weighted by atomic mass is 35.5. The molecular weight excluding hydrogens is 368 g/mol. The summed E-state index contributed by atoms with van der Waals surface area (Å²) in [6.07, 6.45) is 1.34. The molecule has 0 fully saturated rings. The van der Waals surface area contributed by atoms with Crippen molar-refractivity contribution in [3.8, 4) is 6.07 Å². The van der Waals surface area contributed by atoms with Gasteiger partial charge in [-0.25, -0.2) is 4.79 Å². The highest BCUT2D eigenvalue weighted by molar-refractivity contribution is 6.30. The van der Waals surface area contributed by atoms with E-state index in [4.69, 9.17) is 21.6 Å². The lowest BCUT2D eigenvalue weighted by Crippen LogP contribution is -2.21. The van der Waals surface area contributed by atoms with E-state index in [0.717, 1.165) is 0 Å². The molecule has 6 nitrogen and oxygen atoms in total. The van der Waals surface area contributed by atoms with Crippen LogP contribution in [0.1, 0.15) is 22.8 Å². The number of esters is 1. The number of carbonyl (C=O) groups is 3. The van der Waals surface area contributed by atoms with E-state index in [0.29, 0.717) is 21.8 Å². The molecule has 0 spiro atoms. The van der Waals surface area contributed by atoms with Gasteiger partial charge < -0.3 is 10.1 Å². The minimum Gasteiger partial charge on any atom is -0.451 e. The Morgan fingerprint density at radius 3 is 2.52 bits per heavy atom. The molecule has 0 aliphatic rings. The zero-order valence-corrected chi connectivity index (χ0v) is 15.1. The van der Waals surface area contributed by atoms with E-state index in [1.165, 1.54) is 19.1 Å². The van der Waals surface area contributed by atoms with Gasteiger partial charge >= 0.3 is 5.97 Å². The number of hydrogen-bond acceptors (Lipinski definition) is 5. The van der Waals surface area contributed by atoms with Crippen molar-refractivity contribution < 1.29 is 19.1 Å². The SMILES string of the molecule is CC(=O)c1cccc(NC(=O)COC(=O)C(C#N)=Cc2ccc(Cl)cc2)c1. The van der Waals surface area contributed by atoms with E-state index in [1.807, 2.05) is 0 Å². The van der Waals surface area contributed by atoms with Gasteiger partial charge in [-0.15, -0.1) is 0 Å². The first-order chi connectivity index (χ1) is 12.9. The van der Waals surface area contributed by atoms with Crippen molar-refractivity contribution in [2.24, 2.45) is 0 Å². The maximum Gasteiger partial charge on any atom is 0.349 e. The van der Waals surface area contributed by atoms with Crippen molar-refractivity contribution in [1.29, 1.82) is 5.26 Å². The molecule has 1 N–H and O–H groups in total. The number of rotatable bonds is 6. The zero-order chi connectivity index (χ0) is 19.8. The van der Waals surface area contributed by atoms with E-state index in [1.54, 1.807) is 48.5 Å². The highest BCUT2D eigenvalue weighted by Crippen LogP contribution is 2.14. The summed E-state index contributed by atoms with van der Waals surface area (Å²) in [5, 5.41) is 12.2. The summed E-state index contributed by atoms with van der Waals surface area (Å²) in [6.45, 7) is 0.849. The summed E-state index contributed by atoms with van der Waals surface area (Å²) < 4.78 is 4.87. The van der Waals surface area contributed by atoms with Crippen molar-refractivity contribution in [1.82, 2.24) is 0 Å². The first kappa shape index (κ1) is 19.9. The molecule has 0 aromatic heterocycles. The second-order valence-corrected chi connectivity index (χ2v) is 5.92. The summed E-state index contributed by atoms with van der Waals surface area (Å²) in [4.78, 5) is 35.2. The number of halogens is 1. The Balaban J connectivity index is 1.96. The van der Waals surface area contributed by atoms with Crippen LogP contribution in [0.25, 0.3) is 6.08 Å². The number of amides is 1. The van der Waals surface area contributed by atoms with Gasteiger partial charge in [0, 0.05) is 16.3 Å². The number of Topliss-reactive ketones (excluding diaryl/α,β-unsaturated/α-hetero) is 1. The van der Waals surface area contributed by atoms with Crippen LogP contribution in [0.4, 0.5) is 5.69 Å². The van der Waals surface area contributed by atoms with Crippen LogP contribution in [0, 0.1) is 11.3 Å². The monoisotopic (exact) mass is 382 g/mol. The fourth-order valence-corrected chi connectivity index (χ4v) is 2.21. The molecule has 0 saturated heterocycles. The van der Waals surface area contributed by atoms with Crippen molar-refractivity contribution in [2.45, 2.75) is 6.92 Å². The third-order valence-corrected chi connectivity index (χ3v) is 3.66. The van der Waals surface area contributed by atoms with E-state index in [9.17, 15) is 14.4 Å². The van der Waals surface area contributed by atoms with Gasteiger partial charge in [-0.2, -0.15) is 5.26 Å². The molecule has 0 radical (unpaired) electrons. The molecular formula is C20H15ClN2O4. The van der Waals surface area contributed by atoms with Crippen LogP contribution < -0.4 is 5.32 Å². The Morgan fingerprint density at radius 2 is 1.89 bits per heavy atom. The summed E-state index contributed by atoms with van der Waals surface area (Å²) in [5.74, 6) is -1.64. The number of hydrogen-bond donors (Lipinski definition) is 1. The predicted molar refractivity (Wildman–Crippen MR) is 101 cm³/mol. The molecule has 136 valence electrons. The Labute approximate surface area is 161 Å². The molecule has 0 atom stereocenters. The average molecular weight is 383 g/mol. The highest BCUT2D eigenvalue weighted by Gasteiger charge is 2.13. The number of anilines is 1. The van der Waals surface area contributed by atoms with Crippen molar-refractivity contribution in [2.75, 3.05) is 11.9 Å². The second-order valence-electron chi connectivity index (χ2n) is 5.48. The molecule has 0 saturated carbocycles. The predicted octanol–water partition coefficient (Wildman–Crippen LogP) is 3.63. The van der Waals surface area contributed by atoms with E-state index in [2.05, 4.69) is 5.32 Å². The third kappa shape index (κ3) is 6.10. The Hall–Kier alpha value is -3.43. The topological polar surface area (TPSA) is 96.3 Å². The Kier molecular flexibility index (Phi) is 6.86. The number of nitriles is 1. The van der Waals surface area contributed by atoms with Crippen LogP contribution in [0.2, 0.25) is 5.02 Å². The van der Waals surface area contributed by atoms with Gasteiger partial charge in [0.2, 0.25) is 0 Å². The van der Waals surface area contributed by atoms with E-state index >= 15 is 0 Å². The van der Waals surface area contributed by atoms with E-state index < -0.39 is 18.5 Å². The van der Waals surface area contributed by atoms with Gasteiger partial charge in [0.05, 0.1) is 0 Å². The lowest BCUT2D eigenvalue weighted by Gasteiger charge is -2.07. The Bertz CT molecular complexity index is 943. The van der Waals surface area contributed by atoms with Crippen LogP contribution >= 0.6 is 11.6 Å². The fraction of sp³-hybridized carbons (Fsp3) is 0.100. The molecule has 0 unspecified atom stereocenters. The number of ether oxygens (including phenoxy) is 1. The third-order valence-electron chi connectivity index (χ3n) is 3.41. The largest absolute Gasteiger partial charge is 0.451 e. The Morgan fingerprint density at radius 1 is 1.19 bits per heavy atom. The van der Waals surface area contributed by atoms with Crippen LogP contribution in [0.3, 0.4) is 0 Å². The molecule has 0 aliphatic heterocycles. The number of ketones is 1. The molecule has 0 heterocycles. The molecule has 7 heteroatoms. The minimum absolute atomic E-state index is 0.136. The van der Waals surface area contributed by atoms with Crippen LogP contribution in [-0.2, 0) is 14.3 Å². The molecule has 1 amide bonds. The number of nitrogens with zero attached hydrogens (tertiary/aromatic N) is 1. The molecule has 27 heavy (non-hydrogen) atoms. The molecule has 2 aromatic carbocycles. The van der Waals surface area contributed by atoms with Crippen LogP contribution in [-0.4, -0.2) is 24.3 Å². The normalized spacial score (nSPS) is 10.6. The van der Waals surface area contributed by atoms with Crippen molar-refractivity contribution in [3.05, 3.63) is 70.3 Å². The molecule has 0 aliphatic carbocycles. The first-order valence-corrected chi connectivity index (χ1v) is 8.22. The van der Waals surface area contributed by atoms with Crippen molar-refractivity contribution in [3.63, 3.8) is 0 Å². The fourth-order valence-electron chi connectivity index (χ4n) is 2.08. The lowest BCUT2D eigenvalue weighted by molar-refractivity contribution is -0.142. The quantitative estimate of drug-likeness (QED) is 0.356. The summed E-state index contributed by atoms with van der Waals surface area (Å²) >= 11 is 5.78. The number of nitrogens with one attached hydrogen (secondary N) is 1. The number of benzene rings is 2. The zero-order valence-electron chi connectivity index (χ0n) is 14.4. The maximum atomic E-state index is 12.0. The summed E-state index contributed by atoms with van der Waals surface area (Å²) in [7, 11) is 0. The summed E-state index contributed by atoms with van der Waals surface area (Å²) in [5.41, 5.74) is 1.20. The second kappa shape index (κ2) is 9.32. The van der Waals surface area contributed by atoms with Gasteiger partial charge in [0.25, 0.3) is 5.91 Å². The van der Waals surface area contributed by atoms with Gasteiger partial charge in [0.1, 0.15) is 11.6 Å². The minimum atomic E-state index is -0.917. The van der Waals surface area contributed by atoms with Crippen LogP contribution in [0.15, 0.2) is 54.1 Å². The van der Waals surface area contributed by atoms with Crippen molar-refractivity contribution >= 4 is 41.0 Å². The number of carbonyl (C=O) groups excluding carboxylic acids is 3. The maximum absolute atomic E-state index is 12.0. The standard InChI is InChI=1S/C20H15ClN2O4/c1-13(24)15-3-2-4-18(10-15)23-19(25)12-27-20(26)16(11-22)9-14-5-7-17(21)8-6-14/h2-10H,12H2,1H3,(H,23,25). The lowest BCUT2D eigenvalue weighted by atomic mass is 10.1. The first-order valence-electron chi connectivity index (χ1n) is 7.84. The van der Waals surface area contributed by atoms with E-state index in [-0.39, 0.29) is 11.4 Å². The molecule has 2 rings (SSSR count). The van der Waals surface area contributed by atoms with Gasteiger partial charge in [-0.1, -0.05) is 35.9 Å². The van der Waals surface area contributed by atoms with Gasteiger partial charge in [0.15, 0.2) is 12.4 Å². The molecule has 2 aromatic rings. The van der Waals surface area contributed by atoms with Gasteiger partial charge in [-0.3, -0.25) is 9.59 Å². The van der Waals surface area contributed by atoms with Gasteiger partial charge in [-0.05, 0) is 42.8 Å². The van der Waals surface area contributed by atoms with Crippen LogP contribution in [0.5, 0.6) is 0 Å². The smallest absolute Gasteiger partial charge is 0.349 e. The molecule has 0 bridgehead atoms. The summed E-state index contributed by atoms with van der Waals surface area (Å²) in [6, 6.07) is 14.6. The average Bonchev–Trinajstić information content (AvgIpc) is 2.65.